The summed E-state index contributed by atoms with van der Waals surface area (Å²) >= 11 is 0. The van der Waals surface area contributed by atoms with Crippen LogP contribution in [0.4, 0.5) is 26.3 Å². The average molecular weight is 1860 g/mol. The lowest BCUT2D eigenvalue weighted by Crippen LogP contribution is -2.41. The molecule has 5 aromatic carbocycles. The molecule has 11 rings (SSSR count). The normalized spacial score (nSPS) is 21.4. The molecule has 0 spiro atoms. The maximum atomic E-state index is 12.9. The van der Waals surface area contributed by atoms with Gasteiger partial charge >= 0.3 is 12.4 Å². The molecule has 5 aromatic rings. The number of carbonyl (C=O) groups excluding carboxylic acids is 3. The summed E-state index contributed by atoms with van der Waals surface area (Å²) in [4.78, 5) is 35.4. The van der Waals surface area contributed by atoms with E-state index in [-0.39, 0.29) is 98.7 Å². The minimum Gasteiger partial charge on any atom is -0.392 e. The number of nitrogens with zero attached hydrogens (tertiary/aromatic N) is 5. The van der Waals surface area contributed by atoms with Crippen LogP contribution in [0, 0.1) is 0 Å². The maximum Gasteiger partial charge on any atom is 0.421 e. The predicted molar refractivity (Wildman–Crippen MR) is 419 cm³/mol. The van der Waals surface area contributed by atoms with Crippen LogP contribution in [0.1, 0.15) is 128 Å². The molecule has 6 aliphatic rings. The Bertz CT molecular complexity index is 5170. The highest BCUT2D eigenvalue weighted by atomic mass is 35.7. The first-order valence-corrected chi connectivity index (χ1v) is 50.0. The van der Waals surface area contributed by atoms with Gasteiger partial charge in [0.05, 0.1) is 67.7 Å². The van der Waals surface area contributed by atoms with Gasteiger partial charge < -0.3 is 25.7 Å². The van der Waals surface area contributed by atoms with Gasteiger partial charge in [0, 0.05) is 103 Å². The number of hydrogen-bond donors (Lipinski definition) is 5. The molecule has 0 aromatic heterocycles. The number of halogens is 8. The Morgan fingerprint density at radius 1 is 0.410 bits per heavy atom. The zero-order valence-electron chi connectivity index (χ0n) is 64.5. The van der Waals surface area contributed by atoms with E-state index in [0.717, 1.165) is 123 Å². The van der Waals surface area contributed by atoms with E-state index in [4.69, 9.17) is 24.2 Å². The minimum absolute atomic E-state index is 0.000772. The van der Waals surface area contributed by atoms with E-state index >= 15 is 0 Å². The van der Waals surface area contributed by atoms with E-state index in [0.29, 0.717) is 63.0 Å². The van der Waals surface area contributed by atoms with E-state index in [1.54, 1.807) is 0 Å². The van der Waals surface area contributed by atoms with Crippen LogP contribution in [0.5, 0.6) is 0 Å². The van der Waals surface area contributed by atoms with Gasteiger partial charge in [-0.05, 0) is 171 Å². The fraction of sp³-hybridized carbons (Fsp3) is 0.529. The third-order valence-electron chi connectivity index (χ3n) is 18.6. The van der Waals surface area contributed by atoms with Crippen LogP contribution in [-0.2, 0) is 98.0 Å². The highest BCUT2D eigenvalue weighted by Crippen LogP contribution is 2.41. The summed E-state index contributed by atoms with van der Waals surface area (Å²) in [5, 5.41) is 40.4. The monoisotopic (exact) mass is 1860 g/mol. The van der Waals surface area contributed by atoms with E-state index in [1.807, 2.05) is 0 Å². The van der Waals surface area contributed by atoms with Gasteiger partial charge in [-0.3, -0.25) is 27.6 Å². The number of hydrogen-bond acceptors (Lipinski definition) is 27. The number of alkyl halides is 6. The second-order valence-corrected chi connectivity index (χ2v) is 44.6. The number of sulfonamides is 4. The van der Waals surface area contributed by atoms with Crippen LogP contribution in [-0.4, -0.2) is 267 Å². The number of aliphatic hydroxyl groups is 4. The number of nitrogens with one attached hydrogen (secondary N) is 1. The largest absolute Gasteiger partial charge is 0.421 e. The number of benzene rings is 5. The summed E-state index contributed by atoms with van der Waals surface area (Å²) in [5.74, 6) is -0.360. The number of likely N-dealkylation sites (tertiary alicyclic amines) is 1. The van der Waals surface area contributed by atoms with Gasteiger partial charge in [-0.15, -0.1) is 0 Å². The molecule has 5 N–H and O–H groups in total. The molecule has 6 heterocycles. The zero-order chi connectivity index (χ0) is 88.7. The SMILES string of the molecule is CC(=O)c1ccc(S(=O)(=O)Cl)cc1.CC(=O)c1ccc(S(=O)(=O)N2CCC(O)C2)cc1.CC(=O)c1ccc(S(=O)(=O)N2CC[C@H](OS(C)(=O)=O)C2)cc1.CC(O)(c1ccc(S(=O)(=O)N2CC[C@@H](N3CCCCC3)C2)cc1)C(F)(F)F.CC(O)(c1ccc(S(=O)(=O)N2CC[C@H](OS(C)(=O)=O)C2)cc1)C(F)(F)F.CS(=O)(=O)Cl.OC1CCNC1. The molecule has 658 valence electrons. The van der Waals surface area contributed by atoms with Crippen molar-refractivity contribution in [3.05, 3.63) is 149 Å². The van der Waals surface area contributed by atoms with Crippen molar-refractivity contribution in [2.45, 2.75) is 164 Å². The van der Waals surface area contributed by atoms with Gasteiger partial charge in [0.15, 0.2) is 28.6 Å². The first kappa shape index (κ1) is 102. The van der Waals surface area contributed by atoms with Gasteiger partial charge in [0.1, 0.15) is 0 Å². The van der Waals surface area contributed by atoms with Crippen LogP contribution in [0.25, 0.3) is 0 Å². The Labute approximate surface area is 687 Å². The molecule has 4 unspecified atom stereocenters. The van der Waals surface area contributed by atoms with Crippen molar-refractivity contribution in [2.75, 3.05) is 97.3 Å². The third-order valence-corrected chi connectivity index (χ3v) is 28.7. The second kappa shape index (κ2) is 41.5. The summed E-state index contributed by atoms with van der Waals surface area (Å²) in [6.07, 6.45) is -3.06. The highest BCUT2D eigenvalue weighted by Gasteiger charge is 2.52. The van der Waals surface area contributed by atoms with Gasteiger partial charge in [-0.25, -0.2) is 50.5 Å². The smallest absolute Gasteiger partial charge is 0.392 e. The molecule has 0 amide bonds. The van der Waals surface area contributed by atoms with Crippen LogP contribution in [0.2, 0.25) is 0 Å². The van der Waals surface area contributed by atoms with Crippen molar-refractivity contribution >= 4 is 117 Å². The number of rotatable bonds is 19. The molecule has 7 atom stereocenters. The molecule has 0 radical (unpaired) electrons. The molecule has 6 saturated heterocycles. The number of β-amino-alcohol motifs (C(OH)–C–C–N with tert-alkyl or cyclic N) is 2. The van der Waals surface area contributed by atoms with Crippen LogP contribution in [0.15, 0.2) is 146 Å². The molecule has 0 bridgehead atoms. The topological polar surface area (TPSA) is 452 Å². The predicted octanol–water partition coefficient (Wildman–Crippen LogP) is 6.52. The van der Waals surface area contributed by atoms with Crippen molar-refractivity contribution in [3.63, 3.8) is 0 Å². The minimum atomic E-state index is -4.92. The van der Waals surface area contributed by atoms with E-state index in [2.05, 4.69) is 20.9 Å². The van der Waals surface area contributed by atoms with Crippen molar-refractivity contribution < 1.29 is 137 Å². The average Bonchev–Trinajstić information content (AvgIpc) is 1.75. The van der Waals surface area contributed by atoms with Crippen molar-refractivity contribution in [1.82, 2.24) is 27.4 Å². The third kappa shape index (κ3) is 30.7. The fourth-order valence-corrected chi connectivity index (χ4v) is 20.0. The highest BCUT2D eigenvalue weighted by molar-refractivity contribution is 8.14. The second-order valence-electron chi connectivity index (χ2n) is 28.1. The van der Waals surface area contributed by atoms with Crippen LogP contribution >= 0.6 is 21.4 Å². The lowest BCUT2D eigenvalue weighted by molar-refractivity contribution is -0.259. The van der Waals surface area contributed by atoms with Crippen LogP contribution in [0.3, 0.4) is 0 Å². The van der Waals surface area contributed by atoms with Crippen LogP contribution < -0.4 is 5.32 Å². The van der Waals surface area contributed by atoms with E-state index in [9.17, 15) is 123 Å². The Morgan fingerprint density at radius 3 is 0.957 bits per heavy atom. The summed E-state index contributed by atoms with van der Waals surface area (Å²) in [6.45, 7) is 10.5. The first-order valence-electron chi connectivity index (χ1n) is 35.5. The van der Waals surface area contributed by atoms with Crippen molar-refractivity contribution in [2.24, 2.45) is 0 Å². The van der Waals surface area contributed by atoms with Gasteiger partial charge in [-0.2, -0.15) is 60.4 Å². The van der Waals surface area contributed by atoms with E-state index in [1.165, 1.54) is 113 Å². The Balaban J connectivity index is 0.000000256. The Hall–Kier alpha value is -5.61. The molecule has 47 heteroatoms. The zero-order valence-corrected chi connectivity index (χ0v) is 72.5. The molecule has 0 saturated carbocycles. The van der Waals surface area contributed by atoms with Crippen molar-refractivity contribution in [3.8, 4) is 0 Å². The molecule has 31 nitrogen and oxygen atoms in total. The van der Waals surface area contributed by atoms with Gasteiger partial charge in [-0.1, -0.05) is 67.1 Å². The lowest BCUT2D eigenvalue weighted by Gasteiger charge is -2.32. The quantitative estimate of drug-likeness (QED) is 0.0254. The number of Topliss-reactive ketones (excluding diaryl/α,β-unsaturated/α-hetero) is 3. The lowest BCUT2D eigenvalue weighted by atomic mass is 9.96. The number of ketones is 3. The van der Waals surface area contributed by atoms with Gasteiger partial charge in [0.25, 0.3) is 29.3 Å². The molecule has 6 aliphatic heterocycles. The summed E-state index contributed by atoms with van der Waals surface area (Å²) in [6, 6.07) is 25.2. The summed E-state index contributed by atoms with van der Waals surface area (Å²) < 4.78 is 277. The number of aliphatic hydroxyl groups excluding tert-OH is 2. The van der Waals surface area contributed by atoms with Gasteiger partial charge in [0.2, 0.25) is 49.1 Å². The van der Waals surface area contributed by atoms with Crippen molar-refractivity contribution in [1.29, 1.82) is 0 Å². The molecule has 6 fully saturated rings. The number of carbonyl (C=O) groups is 3. The molecule has 0 aliphatic carbocycles. The Kier molecular flexibility index (Phi) is 36.2. The molecular weight excluding hydrogens is 1770 g/mol. The molecule has 117 heavy (non-hydrogen) atoms. The maximum absolute atomic E-state index is 12.9. The van der Waals surface area contributed by atoms with E-state index < -0.39 is 126 Å². The Morgan fingerprint density at radius 2 is 0.701 bits per heavy atom. The summed E-state index contributed by atoms with van der Waals surface area (Å²) in [7, 11) is -19.7. The first-order chi connectivity index (χ1) is 53.5. The number of piperidine rings is 1. The standard InChI is InChI=1S/C18H25F3N2O3S.C14H18F3NO6S2.C13H17NO6S2.C12H15NO4S.C8H7ClO3S.C4H9NO.CH3ClO2S/c1-17(24,18(19,20)21)14-5-7-16(8-6-14)27(25,26)23-12-9-15(13-23)22-10-3-2-4-11-22;1-13(19,14(15,16)17)10-3-5-12(6-4-10)26(22,23)18-8-7-11(9-18)24-25(2,20)21;1-10(15)11-3-5-13(6-4-11)22(18,19)14-8-7-12(9-14)20-21(2,16)17;1-9(14)10-2-4-12(5-3-10)18(16,17)13-7-6-11(15)8-13;1-6(10)7-2-4-8(5-3-7)13(9,11)12;6-4-1-2-5-3-4;1-5(2,3)4/h5-8,15,24H,2-4,9-13H2,1H3;3-6,11,19H,7-9H2,1-2H3;3-6,12H,7-9H2,1-2H3;2-5,11,15H,6-8H2,1H3;2-5H,1H3;4-6H,1-3H2;1H3/t15-,17?;11-,13?;12-;;;;/m100..../s1. The molecular formula is C70H94Cl2F6N6O25S8. The summed E-state index contributed by atoms with van der Waals surface area (Å²) in [5.41, 5.74) is -5.65. The fourth-order valence-electron chi connectivity index (χ4n) is 12.0.